The van der Waals surface area contributed by atoms with Gasteiger partial charge in [0, 0.05) is 5.92 Å². The van der Waals surface area contributed by atoms with Crippen LogP contribution < -0.4 is 0 Å². The van der Waals surface area contributed by atoms with Crippen LogP contribution in [0.2, 0.25) is 0 Å². The molecule has 3 aliphatic heterocycles. The molecule has 3 fully saturated rings. The van der Waals surface area contributed by atoms with Crippen LogP contribution in [0.15, 0.2) is 0 Å². The van der Waals surface area contributed by atoms with Crippen LogP contribution in [0.25, 0.3) is 0 Å². The van der Waals surface area contributed by atoms with Crippen molar-refractivity contribution in [1.29, 1.82) is 0 Å². The number of carbonyl (C=O) groups is 1. The van der Waals surface area contributed by atoms with E-state index in [2.05, 4.69) is 0 Å². The highest BCUT2D eigenvalue weighted by atomic mass is 16.6. The molecule has 0 saturated carbocycles. The largest absolute Gasteiger partial charge is 0.465 e. The summed E-state index contributed by atoms with van der Waals surface area (Å²) in [7, 11) is 0. The molecule has 0 aromatic carbocycles. The van der Waals surface area contributed by atoms with E-state index in [1.54, 1.807) is 0 Å². The molecule has 4 atom stereocenters. The SMILES string of the molecule is O=C1OC[C@H]2[C@@H]1[C@H]1CC[C@H]2O1. The van der Waals surface area contributed by atoms with Crippen LogP contribution in [0, 0.1) is 11.8 Å². The van der Waals surface area contributed by atoms with Crippen molar-refractivity contribution >= 4 is 5.97 Å². The van der Waals surface area contributed by atoms with Crippen LogP contribution in [-0.2, 0) is 14.3 Å². The third-order valence-electron chi connectivity index (χ3n) is 3.11. The molecule has 0 unspecified atom stereocenters. The van der Waals surface area contributed by atoms with Gasteiger partial charge in [-0.05, 0) is 12.8 Å². The second kappa shape index (κ2) is 1.78. The molecule has 3 heterocycles. The van der Waals surface area contributed by atoms with Gasteiger partial charge in [0.15, 0.2) is 0 Å². The van der Waals surface area contributed by atoms with E-state index in [1.165, 1.54) is 0 Å². The lowest BCUT2D eigenvalue weighted by Crippen LogP contribution is -2.27. The number of hydrogen-bond acceptors (Lipinski definition) is 3. The fraction of sp³-hybridized carbons (Fsp3) is 0.875. The third kappa shape index (κ3) is 0.601. The number of fused-ring (bicyclic) bond motifs is 5. The van der Waals surface area contributed by atoms with Crippen LogP contribution in [0.5, 0.6) is 0 Å². The Balaban J connectivity index is 1.97. The maximum absolute atomic E-state index is 11.1. The van der Waals surface area contributed by atoms with Gasteiger partial charge in [-0.3, -0.25) is 4.79 Å². The van der Waals surface area contributed by atoms with Gasteiger partial charge < -0.3 is 9.47 Å². The van der Waals surface area contributed by atoms with Gasteiger partial charge >= 0.3 is 5.97 Å². The zero-order valence-corrected chi connectivity index (χ0v) is 6.16. The van der Waals surface area contributed by atoms with Crippen LogP contribution in [0.3, 0.4) is 0 Å². The number of cyclic esters (lactones) is 1. The van der Waals surface area contributed by atoms with E-state index < -0.39 is 0 Å². The summed E-state index contributed by atoms with van der Waals surface area (Å²) in [5.41, 5.74) is 0. The minimum atomic E-state index is -0.0257. The fourth-order valence-electron chi connectivity index (χ4n) is 2.59. The Kier molecular flexibility index (Phi) is 0.969. The van der Waals surface area contributed by atoms with Gasteiger partial charge in [-0.25, -0.2) is 0 Å². The molecule has 0 aromatic heterocycles. The van der Waals surface area contributed by atoms with Gasteiger partial charge in [-0.2, -0.15) is 0 Å². The quantitative estimate of drug-likeness (QED) is 0.472. The van der Waals surface area contributed by atoms with Crippen molar-refractivity contribution in [3.05, 3.63) is 0 Å². The van der Waals surface area contributed by atoms with E-state index in [-0.39, 0.29) is 18.0 Å². The summed E-state index contributed by atoms with van der Waals surface area (Å²) < 4.78 is 10.6. The molecule has 3 aliphatic rings. The lowest BCUT2D eigenvalue weighted by atomic mass is 9.81. The zero-order valence-electron chi connectivity index (χ0n) is 6.16. The second-order valence-electron chi connectivity index (χ2n) is 3.61. The Hall–Kier alpha value is -0.570. The van der Waals surface area contributed by atoms with Gasteiger partial charge in [-0.1, -0.05) is 0 Å². The van der Waals surface area contributed by atoms with Gasteiger partial charge in [0.05, 0.1) is 24.7 Å². The monoisotopic (exact) mass is 154 g/mol. The van der Waals surface area contributed by atoms with Crippen LogP contribution in [0.1, 0.15) is 12.8 Å². The molecule has 0 amide bonds. The average molecular weight is 154 g/mol. The predicted molar refractivity (Wildman–Crippen MR) is 35.8 cm³/mol. The second-order valence-corrected chi connectivity index (χ2v) is 3.61. The number of carbonyl (C=O) groups excluding carboxylic acids is 1. The first-order chi connectivity index (χ1) is 5.36. The standard InChI is InChI=1S/C8H10O3/c9-8-7-4(3-10-8)5-1-2-6(7)11-5/h4-7H,1-3H2/t4-,5-,6-,7-/m1/s1. The Morgan fingerprint density at radius 1 is 1.27 bits per heavy atom. The molecule has 3 nitrogen and oxygen atoms in total. The van der Waals surface area contributed by atoms with Crippen molar-refractivity contribution < 1.29 is 14.3 Å². The molecule has 0 N–H and O–H groups in total. The molecule has 2 bridgehead atoms. The molecule has 0 aromatic rings. The summed E-state index contributed by atoms with van der Waals surface area (Å²) in [6.07, 6.45) is 2.71. The number of hydrogen-bond donors (Lipinski definition) is 0. The normalized spacial score (nSPS) is 52.9. The van der Waals surface area contributed by atoms with Crippen molar-refractivity contribution in [3.63, 3.8) is 0 Å². The lowest BCUT2D eigenvalue weighted by Gasteiger charge is -2.14. The number of esters is 1. The van der Waals surface area contributed by atoms with E-state index in [4.69, 9.17) is 9.47 Å². The molecule has 0 radical (unpaired) electrons. The molecule has 0 spiro atoms. The average Bonchev–Trinajstić information content (AvgIpc) is 2.60. The van der Waals surface area contributed by atoms with Crippen molar-refractivity contribution in [1.82, 2.24) is 0 Å². The topological polar surface area (TPSA) is 35.5 Å². The highest BCUT2D eigenvalue weighted by Gasteiger charge is 2.56. The summed E-state index contributed by atoms with van der Waals surface area (Å²) >= 11 is 0. The van der Waals surface area contributed by atoms with Crippen molar-refractivity contribution in [3.8, 4) is 0 Å². The van der Waals surface area contributed by atoms with Crippen LogP contribution in [-0.4, -0.2) is 24.8 Å². The first-order valence-electron chi connectivity index (χ1n) is 4.18. The maximum Gasteiger partial charge on any atom is 0.312 e. The fourth-order valence-corrected chi connectivity index (χ4v) is 2.59. The predicted octanol–water partition coefficient (Wildman–Crippen LogP) is 0.337. The molecule has 3 saturated heterocycles. The van der Waals surface area contributed by atoms with Crippen LogP contribution in [0.4, 0.5) is 0 Å². The Morgan fingerprint density at radius 3 is 2.91 bits per heavy atom. The van der Waals surface area contributed by atoms with Gasteiger partial charge in [0.2, 0.25) is 0 Å². The highest BCUT2D eigenvalue weighted by molar-refractivity contribution is 5.76. The third-order valence-corrected chi connectivity index (χ3v) is 3.11. The van der Waals surface area contributed by atoms with Crippen molar-refractivity contribution in [2.24, 2.45) is 11.8 Å². The van der Waals surface area contributed by atoms with Crippen molar-refractivity contribution in [2.45, 2.75) is 25.0 Å². The summed E-state index contributed by atoms with van der Waals surface area (Å²) in [5, 5.41) is 0. The highest BCUT2D eigenvalue weighted by Crippen LogP contribution is 2.46. The van der Waals surface area contributed by atoms with E-state index in [0.29, 0.717) is 18.6 Å². The maximum atomic E-state index is 11.1. The molecule has 60 valence electrons. The van der Waals surface area contributed by atoms with E-state index in [9.17, 15) is 4.79 Å². The molecule has 11 heavy (non-hydrogen) atoms. The summed E-state index contributed by atoms with van der Waals surface area (Å²) in [6.45, 7) is 0.602. The summed E-state index contributed by atoms with van der Waals surface area (Å²) in [6, 6.07) is 0. The Bertz CT molecular complexity index is 213. The number of ether oxygens (including phenoxy) is 2. The summed E-state index contributed by atoms with van der Waals surface area (Å²) in [4.78, 5) is 11.1. The Labute approximate surface area is 64.7 Å². The number of rotatable bonds is 0. The van der Waals surface area contributed by atoms with Crippen molar-refractivity contribution in [2.75, 3.05) is 6.61 Å². The molecule has 3 heteroatoms. The van der Waals surface area contributed by atoms with Gasteiger partial charge in [0.25, 0.3) is 0 Å². The summed E-state index contributed by atoms with van der Waals surface area (Å²) in [5.74, 6) is 0.456. The van der Waals surface area contributed by atoms with Gasteiger partial charge in [0.1, 0.15) is 0 Å². The van der Waals surface area contributed by atoms with Crippen LogP contribution >= 0.6 is 0 Å². The lowest BCUT2D eigenvalue weighted by molar-refractivity contribution is -0.143. The zero-order chi connectivity index (χ0) is 7.42. The molecular formula is C8H10O3. The van der Waals surface area contributed by atoms with Gasteiger partial charge in [-0.15, -0.1) is 0 Å². The minimum Gasteiger partial charge on any atom is -0.465 e. The minimum absolute atomic E-state index is 0.0257. The van der Waals surface area contributed by atoms with E-state index in [1.807, 2.05) is 0 Å². The Morgan fingerprint density at radius 2 is 2.09 bits per heavy atom. The first-order valence-corrected chi connectivity index (χ1v) is 4.18. The van der Waals surface area contributed by atoms with E-state index in [0.717, 1.165) is 12.8 Å². The first kappa shape index (κ1) is 6.00. The molecular weight excluding hydrogens is 144 g/mol. The smallest absolute Gasteiger partial charge is 0.312 e. The molecule has 3 rings (SSSR count). The van der Waals surface area contributed by atoms with E-state index >= 15 is 0 Å². The molecule has 0 aliphatic carbocycles.